The number of benzene rings is 3. The monoisotopic (exact) mass is 328 g/mol. The Morgan fingerprint density at radius 2 is 1.56 bits per heavy atom. The van der Waals surface area contributed by atoms with Gasteiger partial charge in [-0.2, -0.15) is 0 Å². The van der Waals surface area contributed by atoms with Crippen LogP contribution in [-0.4, -0.2) is 9.55 Å². The third-order valence-electron chi connectivity index (χ3n) is 4.31. The van der Waals surface area contributed by atoms with Gasteiger partial charge in [0.15, 0.2) is 0 Å². The zero-order valence-corrected chi connectivity index (χ0v) is 14.2. The predicted molar refractivity (Wildman–Crippen MR) is 101 cm³/mol. The molecule has 1 heterocycles. The van der Waals surface area contributed by atoms with Gasteiger partial charge in [-0.3, -0.25) is 0 Å². The van der Waals surface area contributed by atoms with E-state index in [0.717, 1.165) is 29.2 Å². The van der Waals surface area contributed by atoms with Crippen molar-refractivity contribution in [3.05, 3.63) is 95.8 Å². The number of fused-ring (bicyclic) bond motifs is 1. The van der Waals surface area contributed by atoms with Crippen molar-refractivity contribution in [3.63, 3.8) is 0 Å². The number of rotatable bonds is 5. The maximum Gasteiger partial charge on any atom is 0.148 e. The van der Waals surface area contributed by atoms with Gasteiger partial charge in [-0.25, -0.2) is 4.98 Å². The minimum atomic E-state index is 0.449. The van der Waals surface area contributed by atoms with Gasteiger partial charge in [0.1, 0.15) is 18.2 Å². The molecule has 4 rings (SSSR count). The van der Waals surface area contributed by atoms with Gasteiger partial charge in [0.2, 0.25) is 0 Å². The Morgan fingerprint density at radius 1 is 0.840 bits per heavy atom. The van der Waals surface area contributed by atoms with Crippen molar-refractivity contribution in [1.82, 2.24) is 9.55 Å². The molecule has 3 nitrogen and oxygen atoms in total. The highest BCUT2D eigenvalue weighted by Crippen LogP contribution is 2.20. The standard InChI is InChI=1S/C22H20N2O/c1-17-11-13-18(14-12-17)15-24-21-10-6-5-9-20(21)23-22(24)16-25-19-7-3-2-4-8-19/h2-14H,15-16H2,1H3. The molecule has 0 amide bonds. The Labute approximate surface area is 147 Å². The first-order valence-electron chi connectivity index (χ1n) is 8.47. The molecule has 4 aromatic rings. The molecular formula is C22H20N2O. The fourth-order valence-electron chi connectivity index (χ4n) is 2.95. The summed E-state index contributed by atoms with van der Waals surface area (Å²) in [6.45, 7) is 3.34. The Bertz CT molecular complexity index is 972. The molecule has 0 saturated heterocycles. The van der Waals surface area contributed by atoms with Gasteiger partial charge in [0.05, 0.1) is 11.0 Å². The van der Waals surface area contributed by atoms with Crippen molar-refractivity contribution in [2.45, 2.75) is 20.1 Å². The number of hydrogen-bond donors (Lipinski definition) is 0. The Kier molecular flexibility index (Phi) is 4.21. The second kappa shape index (κ2) is 6.81. The van der Waals surface area contributed by atoms with Crippen molar-refractivity contribution >= 4 is 11.0 Å². The number of aromatic nitrogens is 2. The Hall–Kier alpha value is -3.07. The van der Waals surface area contributed by atoms with E-state index in [9.17, 15) is 0 Å². The first kappa shape index (κ1) is 15.5. The number of ether oxygens (including phenoxy) is 1. The van der Waals surface area contributed by atoms with Crippen LogP contribution in [0.4, 0.5) is 0 Å². The lowest BCUT2D eigenvalue weighted by molar-refractivity contribution is 0.291. The first-order valence-corrected chi connectivity index (χ1v) is 8.47. The molecule has 3 heteroatoms. The van der Waals surface area contributed by atoms with Crippen LogP contribution in [-0.2, 0) is 13.2 Å². The average Bonchev–Trinajstić information content (AvgIpc) is 3.00. The van der Waals surface area contributed by atoms with Gasteiger partial charge in [0.25, 0.3) is 0 Å². The van der Waals surface area contributed by atoms with E-state index in [1.807, 2.05) is 42.5 Å². The smallest absolute Gasteiger partial charge is 0.148 e. The van der Waals surface area contributed by atoms with Crippen LogP contribution in [0.2, 0.25) is 0 Å². The van der Waals surface area contributed by atoms with Crippen molar-refractivity contribution in [3.8, 4) is 5.75 Å². The number of aryl methyl sites for hydroxylation is 1. The van der Waals surface area contributed by atoms with Crippen LogP contribution in [0, 0.1) is 6.92 Å². The van der Waals surface area contributed by atoms with Gasteiger partial charge in [-0.1, -0.05) is 60.2 Å². The lowest BCUT2D eigenvalue weighted by Gasteiger charge is -2.11. The molecule has 0 aliphatic heterocycles. The summed E-state index contributed by atoms with van der Waals surface area (Å²) >= 11 is 0. The predicted octanol–water partition coefficient (Wildman–Crippen LogP) is 4.97. The van der Waals surface area contributed by atoms with Crippen LogP contribution >= 0.6 is 0 Å². The van der Waals surface area contributed by atoms with Gasteiger partial charge >= 0.3 is 0 Å². The van der Waals surface area contributed by atoms with E-state index in [1.54, 1.807) is 0 Å². The van der Waals surface area contributed by atoms with Crippen LogP contribution in [0.5, 0.6) is 5.75 Å². The van der Waals surface area contributed by atoms with Gasteiger partial charge in [-0.15, -0.1) is 0 Å². The van der Waals surface area contributed by atoms with E-state index < -0.39 is 0 Å². The molecule has 0 saturated carbocycles. The first-order chi connectivity index (χ1) is 12.3. The Morgan fingerprint density at radius 3 is 2.36 bits per heavy atom. The lowest BCUT2D eigenvalue weighted by atomic mass is 10.1. The fourth-order valence-corrected chi connectivity index (χ4v) is 2.95. The van der Waals surface area contributed by atoms with Crippen molar-refractivity contribution in [1.29, 1.82) is 0 Å². The van der Waals surface area contributed by atoms with Crippen LogP contribution in [0.1, 0.15) is 17.0 Å². The maximum absolute atomic E-state index is 5.94. The molecule has 124 valence electrons. The van der Waals surface area contributed by atoms with E-state index in [1.165, 1.54) is 11.1 Å². The number of hydrogen-bond acceptors (Lipinski definition) is 2. The molecule has 0 N–H and O–H groups in total. The van der Waals surface area contributed by atoms with Crippen LogP contribution < -0.4 is 4.74 Å². The molecule has 3 aromatic carbocycles. The normalized spacial score (nSPS) is 10.9. The average molecular weight is 328 g/mol. The molecular weight excluding hydrogens is 308 g/mol. The van der Waals surface area contributed by atoms with Crippen molar-refractivity contribution < 1.29 is 4.74 Å². The summed E-state index contributed by atoms with van der Waals surface area (Å²) in [4.78, 5) is 4.78. The molecule has 0 atom stereocenters. The van der Waals surface area contributed by atoms with Crippen LogP contribution in [0.15, 0.2) is 78.9 Å². The molecule has 25 heavy (non-hydrogen) atoms. The topological polar surface area (TPSA) is 27.1 Å². The highest BCUT2D eigenvalue weighted by Gasteiger charge is 2.11. The molecule has 0 aliphatic carbocycles. The van der Waals surface area contributed by atoms with E-state index in [-0.39, 0.29) is 0 Å². The molecule has 0 fully saturated rings. The quantitative estimate of drug-likeness (QED) is 0.517. The summed E-state index contributed by atoms with van der Waals surface area (Å²) < 4.78 is 8.17. The summed E-state index contributed by atoms with van der Waals surface area (Å²) in [7, 11) is 0. The van der Waals surface area contributed by atoms with Crippen molar-refractivity contribution in [2.75, 3.05) is 0 Å². The van der Waals surface area contributed by atoms with Crippen LogP contribution in [0.25, 0.3) is 11.0 Å². The molecule has 0 unspecified atom stereocenters. The molecule has 0 spiro atoms. The zero-order valence-electron chi connectivity index (χ0n) is 14.2. The largest absolute Gasteiger partial charge is 0.486 e. The van der Waals surface area contributed by atoms with Gasteiger partial charge in [0, 0.05) is 6.54 Å². The zero-order chi connectivity index (χ0) is 17.1. The summed E-state index contributed by atoms with van der Waals surface area (Å²) in [6, 6.07) is 26.7. The number of nitrogens with zero attached hydrogens (tertiary/aromatic N) is 2. The van der Waals surface area contributed by atoms with E-state index in [0.29, 0.717) is 6.61 Å². The second-order valence-corrected chi connectivity index (χ2v) is 6.19. The van der Waals surface area contributed by atoms with Crippen LogP contribution in [0.3, 0.4) is 0 Å². The van der Waals surface area contributed by atoms with E-state index in [2.05, 4.69) is 47.9 Å². The summed E-state index contributed by atoms with van der Waals surface area (Å²) in [5.41, 5.74) is 4.66. The minimum absolute atomic E-state index is 0.449. The SMILES string of the molecule is Cc1ccc(Cn2c(COc3ccccc3)nc3ccccc32)cc1. The summed E-state index contributed by atoms with van der Waals surface area (Å²) in [6.07, 6.45) is 0. The minimum Gasteiger partial charge on any atom is -0.486 e. The fraction of sp³-hybridized carbons (Fsp3) is 0.136. The third kappa shape index (κ3) is 3.41. The molecule has 1 aromatic heterocycles. The highest BCUT2D eigenvalue weighted by molar-refractivity contribution is 5.76. The third-order valence-corrected chi connectivity index (χ3v) is 4.31. The lowest BCUT2D eigenvalue weighted by Crippen LogP contribution is -2.08. The maximum atomic E-state index is 5.94. The van der Waals surface area contributed by atoms with E-state index in [4.69, 9.17) is 9.72 Å². The molecule has 0 aliphatic rings. The summed E-state index contributed by atoms with van der Waals surface area (Å²) in [5.74, 6) is 1.79. The van der Waals surface area contributed by atoms with Gasteiger partial charge < -0.3 is 9.30 Å². The van der Waals surface area contributed by atoms with Crippen molar-refractivity contribution in [2.24, 2.45) is 0 Å². The second-order valence-electron chi connectivity index (χ2n) is 6.19. The number of imidazole rings is 1. The van der Waals surface area contributed by atoms with E-state index >= 15 is 0 Å². The number of para-hydroxylation sites is 3. The molecule has 0 radical (unpaired) electrons. The molecule has 0 bridgehead atoms. The summed E-state index contributed by atoms with van der Waals surface area (Å²) in [5, 5.41) is 0. The van der Waals surface area contributed by atoms with Gasteiger partial charge in [-0.05, 0) is 36.8 Å². The Balaban J connectivity index is 1.66. The highest BCUT2D eigenvalue weighted by atomic mass is 16.5.